The van der Waals surface area contributed by atoms with E-state index in [0.29, 0.717) is 19.1 Å². The molecule has 0 radical (unpaired) electrons. The lowest BCUT2D eigenvalue weighted by Gasteiger charge is -2.31. The predicted molar refractivity (Wildman–Crippen MR) is 125 cm³/mol. The van der Waals surface area contributed by atoms with Crippen molar-refractivity contribution in [2.45, 2.75) is 51.6 Å². The lowest BCUT2D eigenvalue weighted by molar-refractivity contribution is -0.121. The minimum Gasteiger partial charge on any atom is -0.353 e. The second-order valence-corrected chi connectivity index (χ2v) is 8.67. The number of hydrogen-bond donors (Lipinski definition) is 1. The summed E-state index contributed by atoms with van der Waals surface area (Å²) >= 11 is 0. The van der Waals surface area contributed by atoms with Crippen LogP contribution in [0.5, 0.6) is 0 Å². The Hall–Kier alpha value is -2.59. The first-order valence-corrected chi connectivity index (χ1v) is 11.2. The van der Waals surface area contributed by atoms with Crippen LogP contribution in [-0.2, 0) is 11.3 Å². The summed E-state index contributed by atoms with van der Waals surface area (Å²) in [5.41, 5.74) is 4.77. The van der Waals surface area contributed by atoms with Crippen molar-refractivity contribution in [1.82, 2.24) is 14.8 Å². The third kappa shape index (κ3) is 4.76. The first-order valence-electron chi connectivity index (χ1n) is 11.2. The van der Waals surface area contributed by atoms with Gasteiger partial charge < -0.3 is 14.8 Å². The van der Waals surface area contributed by atoms with Crippen LogP contribution < -0.4 is 5.32 Å². The number of hydrogen-bond acceptors (Lipinski definition) is 2. The first kappa shape index (κ1) is 20.7. The van der Waals surface area contributed by atoms with Gasteiger partial charge in [-0.1, -0.05) is 61.2 Å². The van der Waals surface area contributed by atoms with E-state index in [4.69, 9.17) is 0 Å². The van der Waals surface area contributed by atoms with E-state index >= 15 is 0 Å². The van der Waals surface area contributed by atoms with Gasteiger partial charge in [-0.05, 0) is 50.1 Å². The summed E-state index contributed by atoms with van der Waals surface area (Å²) in [7, 11) is 2.19. The molecule has 4 heteroatoms. The van der Waals surface area contributed by atoms with Crippen molar-refractivity contribution in [3.8, 4) is 11.1 Å². The zero-order chi connectivity index (χ0) is 20.9. The van der Waals surface area contributed by atoms with Gasteiger partial charge in [0.05, 0.1) is 0 Å². The SMILES string of the molecule is Cc1ccc(-c2cccc3c2ccn3CC(=O)NCCN(C)C2CCCCC2)cc1. The molecule has 0 bridgehead atoms. The monoisotopic (exact) mass is 403 g/mol. The molecule has 2 aromatic carbocycles. The maximum Gasteiger partial charge on any atom is 0.239 e. The van der Waals surface area contributed by atoms with Gasteiger partial charge in [-0.2, -0.15) is 0 Å². The number of nitrogens with one attached hydrogen (secondary N) is 1. The van der Waals surface area contributed by atoms with Crippen molar-refractivity contribution in [2.24, 2.45) is 0 Å². The third-order valence-electron chi connectivity index (χ3n) is 6.47. The fourth-order valence-electron chi connectivity index (χ4n) is 4.63. The van der Waals surface area contributed by atoms with Crippen LogP contribution in [0.1, 0.15) is 37.7 Å². The van der Waals surface area contributed by atoms with Crippen molar-refractivity contribution in [3.05, 3.63) is 60.3 Å². The van der Waals surface area contributed by atoms with E-state index in [9.17, 15) is 4.79 Å². The van der Waals surface area contributed by atoms with Gasteiger partial charge in [0.2, 0.25) is 5.91 Å². The fraction of sp³-hybridized carbons (Fsp3) is 0.423. The second-order valence-electron chi connectivity index (χ2n) is 8.67. The van der Waals surface area contributed by atoms with E-state index in [1.807, 2.05) is 10.8 Å². The van der Waals surface area contributed by atoms with Gasteiger partial charge in [0, 0.05) is 36.2 Å². The summed E-state index contributed by atoms with van der Waals surface area (Å²) in [6.45, 7) is 4.08. The molecule has 4 nitrogen and oxygen atoms in total. The van der Waals surface area contributed by atoms with Crippen molar-refractivity contribution in [1.29, 1.82) is 0 Å². The molecular weight excluding hydrogens is 370 g/mol. The van der Waals surface area contributed by atoms with Gasteiger partial charge in [0.15, 0.2) is 0 Å². The summed E-state index contributed by atoms with van der Waals surface area (Å²) in [4.78, 5) is 15.0. The van der Waals surface area contributed by atoms with Gasteiger partial charge in [-0.15, -0.1) is 0 Å². The van der Waals surface area contributed by atoms with E-state index in [-0.39, 0.29) is 5.91 Å². The minimum absolute atomic E-state index is 0.0743. The fourth-order valence-corrected chi connectivity index (χ4v) is 4.63. The molecule has 1 aromatic heterocycles. The highest BCUT2D eigenvalue weighted by Crippen LogP contribution is 2.29. The molecule has 1 aliphatic rings. The Morgan fingerprint density at radius 3 is 2.60 bits per heavy atom. The molecule has 4 rings (SSSR count). The van der Waals surface area contributed by atoms with Crippen LogP contribution in [-0.4, -0.2) is 41.6 Å². The van der Waals surface area contributed by atoms with Crippen LogP contribution in [0.25, 0.3) is 22.0 Å². The number of aromatic nitrogens is 1. The summed E-state index contributed by atoms with van der Waals surface area (Å²) in [5.74, 6) is 0.0743. The largest absolute Gasteiger partial charge is 0.353 e. The Morgan fingerprint density at radius 2 is 1.83 bits per heavy atom. The van der Waals surface area contributed by atoms with Crippen LogP contribution in [0.3, 0.4) is 0 Å². The van der Waals surface area contributed by atoms with Crippen molar-refractivity contribution < 1.29 is 4.79 Å². The topological polar surface area (TPSA) is 37.3 Å². The van der Waals surface area contributed by atoms with Crippen LogP contribution in [0.2, 0.25) is 0 Å². The average Bonchev–Trinajstić information content (AvgIpc) is 3.18. The normalized spacial score (nSPS) is 15.0. The number of rotatable bonds is 7. The smallest absolute Gasteiger partial charge is 0.239 e. The molecule has 158 valence electrons. The number of aryl methyl sites for hydroxylation is 1. The standard InChI is InChI=1S/C26H33N3O/c1-20-11-13-21(14-12-20)23-9-6-10-25-24(23)15-17-29(25)19-26(30)27-16-18-28(2)22-7-4-3-5-8-22/h6,9-15,17,22H,3-5,7-8,16,18-19H2,1-2H3,(H,27,30). The highest BCUT2D eigenvalue weighted by atomic mass is 16.1. The van der Waals surface area contributed by atoms with Gasteiger partial charge >= 0.3 is 0 Å². The molecule has 1 aliphatic carbocycles. The molecule has 1 heterocycles. The lowest BCUT2D eigenvalue weighted by Crippen LogP contribution is -2.40. The van der Waals surface area contributed by atoms with Gasteiger partial charge in [0.1, 0.15) is 6.54 Å². The van der Waals surface area contributed by atoms with Crippen molar-refractivity contribution >= 4 is 16.8 Å². The van der Waals surface area contributed by atoms with Gasteiger partial charge in [-0.3, -0.25) is 4.79 Å². The molecular formula is C26H33N3O. The van der Waals surface area contributed by atoms with E-state index < -0.39 is 0 Å². The van der Waals surface area contributed by atoms with Gasteiger partial charge in [-0.25, -0.2) is 0 Å². The maximum atomic E-state index is 12.6. The number of carbonyl (C=O) groups is 1. The number of likely N-dealkylation sites (N-methyl/N-ethyl adjacent to an activating group) is 1. The van der Waals surface area contributed by atoms with E-state index in [0.717, 1.165) is 12.1 Å². The summed E-state index contributed by atoms with van der Waals surface area (Å²) in [5, 5.41) is 4.29. The lowest BCUT2D eigenvalue weighted by atomic mass is 9.94. The number of benzene rings is 2. The summed E-state index contributed by atoms with van der Waals surface area (Å²) < 4.78 is 2.05. The second kappa shape index (κ2) is 9.48. The van der Waals surface area contributed by atoms with Crippen LogP contribution in [0.4, 0.5) is 0 Å². The number of nitrogens with zero attached hydrogens (tertiary/aromatic N) is 2. The van der Waals surface area contributed by atoms with Crippen molar-refractivity contribution in [2.75, 3.05) is 20.1 Å². The molecule has 30 heavy (non-hydrogen) atoms. The molecule has 0 unspecified atom stereocenters. The summed E-state index contributed by atoms with van der Waals surface area (Å²) in [6, 6.07) is 17.7. The maximum absolute atomic E-state index is 12.6. The highest BCUT2D eigenvalue weighted by molar-refractivity contribution is 5.96. The van der Waals surface area contributed by atoms with Crippen molar-refractivity contribution in [3.63, 3.8) is 0 Å². The quantitative estimate of drug-likeness (QED) is 0.603. The van der Waals surface area contributed by atoms with E-state index in [2.05, 4.69) is 72.7 Å². The zero-order valence-electron chi connectivity index (χ0n) is 18.2. The Balaban J connectivity index is 1.37. The average molecular weight is 404 g/mol. The van der Waals surface area contributed by atoms with E-state index in [1.54, 1.807) is 0 Å². The molecule has 0 saturated heterocycles. The molecule has 0 spiro atoms. The predicted octanol–water partition coefficient (Wildman–Crippen LogP) is 5.00. The minimum atomic E-state index is 0.0743. The number of amides is 1. The molecule has 0 atom stereocenters. The number of carbonyl (C=O) groups excluding carboxylic acids is 1. The van der Waals surface area contributed by atoms with Gasteiger partial charge in [0.25, 0.3) is 0 Å². The Labute approximate surface area is 179 Å². The third-order valence-corrected chi connectivity index (χ3v) is 6.47. The zero-order valence-corrected chi connectivity index (χ0v) is 18.2. The van der Waals surface area contributed by atoms with Crippen LogP contribution >= 0.6 is 0 Å². The molecule has 3 aromatic rings. The summed E-state index contributed by atoms with van der Waals surface area (Å²) in [6.07, 6.45) is 8.67. The van der Waals surface area contributed by atoms with E-state index in [1.165, 1.54) is 54.2 Å². The Bertz CT molecular complexity index is 983. The molecule has 0 aliphatic heterocycles. The Kier molecular flexibility index (Phi) is 6.53. The molecule has 1 amide bonds. The van der Waals surface area contributed by atoms with Crippen LogP contribution in [0.15, 0.2) is 54.7 Å². The number of fused-ring (bicyclic) bond motifs is 1. The van der Waals surface area contributed by atoms with Crippen LogP contribution in [0, 0.1) is 6.92 Å². The molecule has 1 saturated carbocycles. The molecule has 1 N–H and O–H groups in total. The Morgan fingerprint density at radius 1 is 1.07 bits per heavy atom. The highest BCUT2D eigenvalue weighted by Gasteiger charge is 2.17. The first-order chi connectivity index (χ1) is 14.6. The molecule has 1 fully saturated rings.